The average Bonchev–Trinajstić information content (AvgIpc) is 3.38. The molecule has 0 bridgehead atoms. The number of hydrogen-bond acceptors (Lipinski definition) is 6. The molecule has 1 aliphatic carbocycles. The first-order valence-corrected chi connectivity index (χ1v) is 15.4. The number of nitrogens with zero attached hydrogens (tertiary/aromatic N) is 1. The van der Waals surface area contributed by atoms with Gasteiger partial charge in [-0.3, -0.25) is 19.2 Å². The number of ether oxygens (including phenoxy) is 1. The molecule has 1 saturated carbocycles. The number of alkyl carbamates (subject to hydrolysis) is 1. The molecule has 0 aromatic rings. The van der Waals surface area contributed by atoms with Gasteiger partial charge in [0.05, 0.1) is 6.04 Å². The number of rotatable bonds is 14. The minimum absolute atomic E-state index is 0.0678. The number of nitrogens with one attached hydrogen (secondary N) is 3. The van der Waals surface area contributed by atoms with E-state index in [1.807, 2.05) is 13.8 Å². The summed E-state index contributed by atoms with van der Waals surface area (Å²) in [6.45, 7) is 17.2. The van der Waals surface area contributed by atoms with Crippen molar-refractivity contribution >= 4 is 29.6 Å². The van der Waals surface area contributed by atoms with Crippen LogP contribution in [0.2, 0.25) is 0 Å². The Kier molecular flexibility index (Phi) is 13.7. The molecule has 1 heterocycles. The predicted molar refractivity (Wildman–Crippen MR) is 162 cm³/mol. The maximum Gasteiger partial charge on any atom is 0.408 e. The summed E-state index contributed by atoms with van der Waals surface area (Å²) in [5.74, 6) is -2.44. The lowest BCUT2D eigenvalue weighted by Gasteiger charge is -2.36. The number of ketones is 1. The zero-order chi connectivity index (χ0) is 31.4. The Balaban J connectivity index is 2.33. The molecular formula is C32H52N4O6. The molecule has 2 aliphatic rings. The SMILES string of the molecule is C=CCCNC(=O)C(=O)C(CCC=C)NC(=O)[C@@H]1[C@@H](C(C)C)CCN1C(=O)[C@@H](NC(=O)OC(C)(C)C)C1CCCCC1. The highest BCUT2D eigenvalue weighted by molar-refractivity contribution is 6.38. The second-order valence-corrected chi connectivity index (χ2v) is 12.8. The summed E-state index contributed by atoms with van der Waals surface area (Å²) in [4.78, 5) is 68.1. The fraction of sp³-hybridized carbons (Fsp3) is 0.719. The molecule has 1 aliphatic heterocycles. The molecule has 0 spiro atoms. The van der Waals surface area contributed by atoms with Crippen molar-refractivity contribution in [3.8, 4) is 0 Å². The number of hydrogen-bond donors (Lipinski definition) is 3. The van der Waals surface area contributed by atoms with Crippen LogP contribution in [0.4, 0.5) is 4.79 Å². The Labute approximate surface area is 251 Å². The van der Waals surface area contributed by atoms with Gasteiger partial charge in [-0.25, -0.2) is 4.79 Å². The van der Waals surface area contributed by atoms with Crippen molar-refractivity contribution in [2.45, 2.75) is 116 Å². The van der Waals surface area contributed by atoms with Gasteiger partial charge >= 0.3 is 6.09 Å². The Morgan fingerprint density at radius 1 is 0.952 bits per heavy atom. The summed E-state index contributed by atoms with van der Waals surface area (Å²) < 4.78 is 5.49. The first-order chi connectivity index (χ1) is 19.8. The molecule has 2 fully saturated rings. The van der Waals surface area contributed by atoms with E-state index in [-0.39, 0.29) is 36.6 Å². The van der Waals surface area contributed by atoms with Gasteiger partial charge in [0.2, 0.25) is 17.6 Å². The number of allylic oxidation sites excluding steroid dienone is 1. The van der Waals surface area contributed by atoms with Gasteiger partial charge in [0.15, 0.2) is 0 Å². The third-order valence-electron chi connectivity index (χ3n) is 8.06. The molecule has 236 valence electrons. The van der Waals surface area contributed by atoms with Crippen LogP contribution < -0.4 is 16.0 Å². The highest BCUT2D eigenvalue weighted by atomic mass is 16.6. The standard InChI is InChI=1S/C32H52N4O6/c1-8-10-17-24(27(37)29(39)33-19-11-9-2)34-28(38)26-23(21(3)4)18-20-36(26)30(40)25(22-15-13-12-14-16-22)35-31(41)42-32(5,6)7/h8-9,21-26H,1-2,10-20H2,3-7H3,(H,33,39)(H,34,38)(H,35,41)/t23-,24?,25+,26+/m1/s1. The maximum absolute atomic E-state index is 14.2. The number of likely N-dealkylation sites (tertiary alicyclic amines) is 1. The molecule has 0 aromatic carbocycles. The molecule has 1 saturated heterocycles. The van der Waals surface area contributed by atoms with E-state index in [2.05, 4.69) is 29.1 Å². The van der Waals surface area contributed by atoms with E-state index in [1.54, 1.807) is 37.8 Å². The van der Waals surface area contributed by atoms with E-state index in [0.29, 0.717) is 25.8 Å². The largest absolute Gasteiger partial charge is 0.444 e. The zero-order valence-corrected chi connectivity index (χ0v) is 26.2. The lowest BCUT2D eigenvalue weighted by molar-refractivity contribution is -0.144. The zero-order valence-electron chi connectivity index (χ0n) is 26.2. The van der Waals surface area contributed by atoms with Crippen LogP contribution in [0.15, 0.2) is 25.3 Å². The second kappa shape index (κ2) is 16.5. The quantitative estimate of drug-likeness (QED) is 0.159. The first kappa shape index (κ1) is 35.0. The Hall–Kier alpha value is -3.17. The van der Waals surface area contributed by atoms with Crippen LogP contribution >= 0.6 is 0 Å². The van der Waals surface area contributed by atoms with Gasteiger partial charge in [-0.05, 0) is 77.0 Å². The molecule has 4 atom stereocenters. The lowest BCUT2D eigenvalue weighted by Crippen LogP contribution is -2.59. The van der Waals surface area contributed by atoms with Crippen LogP contribution in [0, 0.1) is 17.8 Å². The van der Waals surface area contributed by atoms with Crippen LogP contribution in [0.3, 0.4) is 0 Å². The lowest BCUT2D eigenvalue weighted by atomic mass is 9.83. The van der Waals surface area contributed by atoms with Crippen molar-refractivity contribution in [3.63, 3.8) is 0 Å². The van der Waals surface area contributed by atoms with E-state index in [9.17, 15) is 24.0 Å². The molecule has 10 nitrogen and oxygen atoms in total. The number of carbonyl (C=O) groups excluding carboxylic acids is 5. The second-order valence-electron chi connectivity index (χ2n) is 12.8. The summed E-state index contributed by atoms with van der Waals surface area (Å²) >= 11 is 0. The Bertz CT molecular complexity index is 982. The van der Waals surface area contributed by atoms with Crippen LogP contribution in [0.25, 0.3) is 0 Å². The van der Waals surface area contributed by atoms with Crippen LogP contribution in [0.1, 0.15) is 92.4 Å². The topological polar surface area (TPSA) is 134 Å². The van der Waals surface area contributed by atoms with E-state index >= 15 is 0 Å². The molecule has 2 rings (SSSR count). The summed E-state index contributed by atoms with van der Waals surface area (Å²) in [5, 5.41) is 8.21. The van der Waals surface area contributed by atoms with Crippen molar-refractivity contribution in [1.29, 1.82) is 0 Å². The smallest absolute Gasteiger partial charge is 0.408 e. The Morgan fingerprint density at radius 3 is 2.17 bits per heavy atom. The normalized spacial score (nSPS) is 20.8. The van der Waals surface area contributed by atoms with Crippen molar-refractivity contribution in [3.05, 3.63) is 25.3 Å². The molecule has 3 N–H and O–H groups in total. The predicted octanol–water partition coefficient (Wildman–Crippen LogP) is 4.05. The van der Waals surface area contributed by atoms with Crippen LogP contribution in [-0.4, -0.2) is 71.3 Å². The van der Waals surface area contributed by atoms with Crippen LogP contribution in [0.5, 0.6) is 0 Å². The van der Waals surface area contributed by atoms with Gasteiger partial charge in [0.25, 0.3) is 5.91 Å². The summed E-state index contributed by atoms with van der Waals surface area (Å²) in [6, 6.07) is -2.72. The highest BCUT2D eigenvalue weighted by Crippen LogP contribution is 2.34. The van der Waals surface area contributed by atoms with Gasteiger partial charge in [-0.2, -0.15) is 0 Å². The number of amides is 4. The molecular weight excluding hydrogens is 536 g/mol. The average molecular weight is 589 g/mol. The minimum atomic E-state index is -1.06. The molecule has 4 amide bonds. The molecule has 10 heteroatoms. The van der Waals surface area contributed by atoms with Gasteiger partial charge in [-0.1, -0.05) is 45.3 Å². The van der Waals surface area contributed by atoms with E-state index in [4.69, 9.17) is 4.74 Å². The monoisotopic (exact) mass is 588 g/mol. The van der Waals surface area contributed by atoms with Gasteiger partial charge in [-0.15, -0.1) is 13.2 Å². The third kappa shape index (κ3) is 10.3. The van der Waals surface area contributed by atoms with Crippen molar-refractivity contribution in [1.82, 2.24) is 20.9 Å². The third-order valence-corrected chi connectivity index (χ3v) is 8.06. The van der Waals surface area contributed by atoms with Gasteiger partial charge < -0.3 is 25.6 Å². The molecule has 0 aromatic heterocycles. The fourth-order valence-corrected chi connectivity index (χ4v) is 5.90. The molecule has 0 radical (unpaired) electrons. The first-order valence-electron chi connectivity index (χ1n) is 15.4. The molecule has 42 heavy (non-hydrogen) atoms. The highest BCUT2D eigenvalue weighted by Gasteiger charge is 2.47. The Morgan fingerprint density at radius 2 is 1.60 bits per heavy atom. The summed E-state index contributed by atoms with van der Waals surface area (Å²) in [6.07, 6.45) is 8.94. The van der Waals surface area contributed by atoms with Crippen molar-refractivity contribution in [2.75, 3.05) is 13.1 Å². The maximum atomic E-state index is 14.2. The number of Topliss-reactive ketones (excluding diaryl/α,β-unsaturated/α-hetero) is 1. The van der Waals surface area contributed by atoms with E-state index in [0.717, 1.165) is 32.1 Å². The van der Waals surface area contributed by atoms with Crippen molar-refractivity contribution < 1.29 is 28.7 Å². The van der Waals surface area contributed by atoms with E-state index < -0.39 is 47.4 Å². The van der Waals surface area contributed by atoms with Crippen LogP contribution in [-0.2, 0) is 23.9 Å². The summed E-state index contributed by atoms with van der Waals surface area (Å²) in [5.41, 5.74) is -0.728. The minimum Gasteiger partial charge on any atom is -0.444 e. The molecule has 1 unspecified atom stereocenters. The van der Waals surface area contributed by atoms with Gasteiger partial charge in [0.1, 0.15) is 17.7 Å². The summed E-state index contributed by atoms with van der Waals surface area (Å²) in [7, 11) is 0. The number of carbonyl (C=O) groups is 5. The van der Waals surface area contributed by atoms with Crippen molar-refractivity contribution in [2.24, 2.45) is 17.8 Å². The van der Waals surface area contributed by atoms with Gasteiger partial charge in [0, 0.05) is 13.1 Å². The van der Waals surface area contributed by atoms with E-state index in [1.165, 1.54) is 0 Å². The fourth-order valence-electron chi connectivity index (χ4n) is 5.90.